The van der Waals surface area contributed by atoms with Crippen molar-refractivity contribution in [3.8, 4) is 11.5 Å². The van der Waals surface area contributed by atoms with E-state index in [-0.39, 0.29) is 24.5 Å². The zero-order valence-electron chi connectivity index (χ0n) is 15.2. The quantitative estimate of drug-likeness (QED) is 0.391. The Kier molecular flexibility index (Phi) is 6.92. The molecule has 0 aliphatic heterocycles. The van der Waals surface area contributed by atoms with Gasteiger partial charge in [-0.3, -0.25) is 4.79 Å². The van der Waals surface area contributed by atoms with Gasteiger partial charge >= 0.3 is 12.1 Å². The Labute approximate surface area is 164 Å². The number of hydrogen-bond donors (Lipinski definition) is 0. The van der Waals surface area contributed by atoms with Crippen LogP contribution in [-0.4, -0.2) is 5.97 Å². The Balaban J connectivity index is 2.37. The lowest BCUT2D eigenvalue weighted by Gasteiger charge is -2.18. The lowest BCUT2D eigenvalue weighted by Crippen LogP contribution is -2.12. The van der Waals surface area contributed by atoms with E-state index < -0.39 is 17.7 Å². The highest BCUT2D eigenvalue weighted by Gasteiger charge is 2.35. The summed E-state index contributed by atoms with van der Waals surface area (Å²) in [6.45, 7) is 5.03. The monoisotopic (exact) mass is 444 g/mol. The first kappa shape index (κ1) is 21.3. The van der Waals surface area contributed by atoms with Crippen molar-refractivity contribution in [3.63, 3.8) is 0 Å². The second-order valence-electron chi connectivity index (χ2n) is 5.96. The maximum absolute atomic E-state index is 13.4. The molecule has 0 saturated carbocycles. The molecule has 146 valence electrons. The number of halogens is 4. The molecule has 0 amide bonds. The molecule has 0 atom stereocenters. The second kappa shape index (κ2) is 8.78. The van der Waals surface area contributed by atoms with Crippen LogP contribution in [0, 0.1) is 6.92 Å². The summed E-state index contributed by atoms with van der Waals surface area (Å²) in [5.41, 5.74) is 0.993. The van der Waals surface area contributed by atoms with Gasteiger partial charge in [-0.1, -0.05) is 35.8 Å². The summed E-state index contributed by atoms with van der Waals surface area (Å²) >= 11 is 3.33. The van der Waals surface area contributed by atoms with Crippen molar-refractivity contribution >= 4 is 21.9 Å². The molecule has 0 aliphatic rings. The lowest BCUT2D eigenvalue weighted by atomic mass is 10.0. The Morgan fingerprint density at radius 2 is 1.85 bits per heavy atom. The van der Waals surface area contributed by atoms with E-state index in [1.165, 1.54) is 6.07 Å². The van der Waals surface area contributed by atoms with Crippen LogP contribution in [0.3, 0.4) is 0 Å². The number of ether oxygens (including phenoxy) is 2. The number of alkyl halides is 3. The van der Waals surface area contributed by atoms with E-state index in [0.717, 1.165) is 11.6 Å². The van der Waals surface area contributed by atoms with Gasteiger partial charge in [0, 0.05) is 16.5 Å². The fourth-order valence-electron chi connectivity index (χ4n) is 2.57. The van der Waals surface area contributed by atoms with Gasteiger partial charge in [0.25, 0.3) is 0 Å². The molecule has 0 spiro atoms. The van der Waals surface area contributed by atoms with Crippen molar-refractivity contribution in [2.75, 3.05) is 0 Å². The summed E-state index contributed by atoms with van der Waals surface area (Å²) < 4.78 is 51.7. The summed E-state index contributed by atoms with van der Waals surface area (Å²) in [4.78, 5) is 11.6. The van der Waals surface area contributed by atoms with E-state index in [2.05, 4.69) is 15.9 Å². The van der Waals surface area contributed by atoms with Gasteiger partial charge in [0.1, 0.15) is 18.1 Å². The van der Waals surface area contributed by atoms with Gasteiger partial charge in [0.2, 0.25) is 0 Å². The first-order valence-corrected chi connectivity index (χ1v) is 9.28. The number of aryl methyl sites for hydroxylation is 2. The molecule has 0 saturated heterocycles. The molecule has 0 radical (unpaired) electrons. The minimum atomic E-state index is -4.53. The first-order chi connectivity index (χ1) is 12.7. The van der Waals surface area contributed by atoms with E-state index in [0.29, 0.717) is 22.0 Å². The summed E-state index contributed by atoms with van der Waals surface area (Å²) in [5.74, 6) is -0.430. The van der Waals surface area contributed by atoms with Crippen molar-refractivity contribution in [2.45, 2.75) is 46.4 Å². The predicted molar refractivity (Wildman–Crippen MR) is 100.0 cm³/mol. The largest absolute Gasteiger partial charge is 0.488 e. The Bertz CT molecular complexity index is 832. The Morgan fingerprint density at radius 1 is 1.15 bits per heavy atom. The van der Waals surface area contributed by atoms with E-state index in [1.807, 2.05) is 0 Å². The highest BCUT2D eigenvalue weighted by Crippen LogP contribution is 2.39. The predicted octanol–water partition coefficient (Wildman–Crippen LogP) is 6.23. The Morgan fingerprint density at radius 3 is 2.44 bits per heavy atom. The maximum Gasteiger partial charge on any atom is 0.419 e. The summed E-state index contributed by atoms with van der Waals surface area (Å²) in [6.07, 6.45) is -3.85. The molecular formula is C20H20BrF3O3. The van der Waals surface area contributed by atoms with Crippen LogP contribution in [-0.2, 0) is 24.0 Å². The maximum atomic E-state index is 13.4. The van der Waals surface area contributed by atoms with E-state index in [9.17, 15) is 18.0 Å². The Hall–Kier alpha value is -2.02. The molecule has 27 heavy (non-hydrogen) atoms. The normalized spacial score (nSPS) is 11.4. The third-order valence-corrected chi connectivity index (χ3v) is 4.83. The standard InChI is InChI=1S/C20H20BrF3O3/c1-4-13-10-15(20(22,23)24)18(9-12(13)3)26-11-14-16(21)7-6-8-17(14)27-19(25)5-2/h6-10H,4-5,11H2,1-3H3. The van der Waals surface area contributed by atoms with Crippen LogP contribution >= 0.6 is 15.9 Å². The van der Waals surface area contributed by atoms with Gasteiger partial charge < -0.3 is 9.47 Å². The number of carbonyl (C=O) groups is 1. The number of hydrogen-bond acceptors (Lipinski definition) is 3. The molecule has 7 heteroatoms. The highest BCUT2D eigenvalue weighted by atomic mass is 79.9. The third-order valence-electron chi connectivity index (χ3n) is 4.08. The van der Waals surface area contributed by atoms with Crippen LogP contribution < -0.4 is 9.47 Å². The number of carbonyl (C=O) groups excluding carboxylic acids is 1. The SMILES string of the molecule is CCC(=O)Oc1cccc(Br)c1COc1cc(C)c(CC)cc1C(F)(F)F. The van der Waals surface area contributed by atoms with Crippen LogP contribution in [0.15, 0.2) is 34.8 Å². The molecule has 0 aromatic heterocycles. The van der Waals surface area contributed by atoms with E-state index >= 15 is 0 Å². The smallest absolute Gasteiger partial charge is 0.419 e. The van der Waals surface area contributed by atoms with Gasteiger partial charge in [0.15, 0.2) is 0 Å². The fraction of sp³-hybridized carbons (Fsp3) is 0.350. The van der Waals surface area contributed by atoms with Crippen LogP contribution in [0.4, 0.5) is 13.2 Å². The van der Waals surface area contributed by atoms with Gasteiger partial charge in [-0.15, -0.1) is 0 Å². The van der Waals surface area contributed by atoms with E-state index in [4.69, 9.17) is 9.47 Å². The molecule has 0 N–H and O–H groups in total. The topological polar surface area (TPSA) is 35.5 Å². The van der Waals surface area contributed by atoms with Crippen LogP contribution in [0.2, 0.25) is 0 Å². The average molecular weight is 445 g/mol. The minimum Gasteiger partial charge on any atom is -0.488 e. The van der Waals surface area contributed by atoms with Gasteiger partial charge in [-0.05, 0) is 48.7 Å². The molecule has 0 fully saturated rings. The van der Waals surface area contributed by atoms with Crippen molar-refractivity contribution < 1.29 is 27.4 Å². The van der Waals surface area contributed by atoms with Crippen LogP contribution in [0.25, 0.3) is 0 Å². The zero-order valence-corrected chi connectivity index (χ0v) is 16.8. The summed E-state index contributed by atoms with van der Waals surface area (Å²) in [6, 6.07) is 7.48. The average Bonchev–Trinajstić information content (AvgIpc) is 2.60. The molecular weight excluding hydrogens is 425 g/mol. The van der Waals surface area contributed by atoms with Gasteiger partial charge in [0.05, 0.1) is 5.56 Å². The van der Waals surface area contributed by atoms with Crippen molar-refractivity contribution in [2.24, 2.45) is 0 Å². The number of esters is 1. The molecule has 2 aromatic carbocycles. The number of rotatable bonds is 6. The lowest BCUT2D eigenvalue weighted by molar-refractivity contribution is -0.139. The van der Waals surface area contributed by atoms with Gasteiger partial charge in [-0.25, -0.2) is 0 Å². The minimum absolute atomic E-state index is 0.179. The van der Waals surface area contributed by atoms with Crippen molar-refractivity contribution in [1.29, 1.82) is 0 Å². The molecule has 0 bridgehead atoms. The van der Waals surface area contributed by atoms with E-state index in [1.54, 1.807) is 39.0 Å². The second-order valence-corrected chi connectivity index (χ2v) is 6.81. The van der Waals surface area contributed by atoms with Crippen LogP contribution in [0.1, 0.15) is 42.5 Å². The summed E-state index contributed by atoms with van der Waals surface area (Å²) in [7, 11) is 0. The molecule has 2 rings (SSSR count). The summed E-state index contributed by atoms with van der Waals surface area (Å²) in [5, 5.41) is 0. The molecule has 2 aromatic rings. The van der Waals surface area contributed by atoms with Crippen molar-refractivity contribution in [3.05, 3.63) is 57.1 Å². The molecule has 0 heterocycles. The number of benzene rings is 2. The van der Waals surface area contributed by atoms with Crippen LogP contribution in [0.5, 0.6) is 11.5 Å². The molecule has 0 aliphatic carbocycles. The highest BCUT2D eigenvalue weighted by molar-refractivity contribution is 9.10. The fourth-order valence-corrected chi connectivity index (χ4v) is 3.03. The van der Waals surface area contributed by atoms with Gasteiger partial charge in [-0.2, -0.15) is 13.2 Å². The molecule has 3 nitrogen and oxygen atoms in total. The van der Waals surface area contributed by atoms with Crippen molar-refractivity contribution in [1.82, 2.24) is 0 Å². The molecule has 0 unspecified atom stereocenters. The first-order valence-electron chi connectivity index (χ1n) is 8.48. The zero-order chi connectivity index (χ0) is 20.2. The third kappa shape index (κ3) is 5.25.